The standard InChI is InChI=1S/C16H13ClFNO/c17-13-3-1-2-12(10-13)16(8-9-16)19-15(20)11-4-6-14(18)7-5-11/h1-7,10H,8-9H2,(H,19,20). The van der Waals surface area contributed by atoms with Gasteiger partial charge in [-0.2, -0.15) is 0 Å². The average molecular weight is 290 g/mol. The monoisotopic (exact) mass is 289 g/mol. The summed E-state index contributed by atoms with van der Waals surface area (Å²) >= 11 is 6.00. The second-order valence-electron chi connectivity index (χ2n) is 5.05. The Bertz CT molecular complexity index is 650. The van der Waals surface area contributed by atoms with Crippen LogP contribution in [0.2, 0.25) is 5.02 Å². The zero-order valence-electron chi connectivity index (χ0n) is 10.7. The Balaban J connectivity index is 1.80. The molecule has 20 heavy (non-hydrogen) atoms. The van der Waals surface area contributed by atoms with E-state index in [1.165, 1.54) is 24.3 Å². The maximum absolute atomic E-state index is 12.9. The van der Waals surface area contributed by atoms with Crippen molar-refractivity contribution in [3.05, 3.63) is 70.5 Å². The fourth-order valence-electron chi connectivity index (χ4n) is 2.29. The molecule has 0 saturated heterocycles. The molecule has 0 aliphatic heterocycles. The first-order valence-electron chi connectivity index (χ1n) is 6.43. The van der Waals surface area contributed by atoms with Crippen molar-refractivity contribution in [2.24, 2.45) is 0 Å². The van der Waals surface area contributed by atoms with Gasteiger partial charge in [-0.25, -0.2) is 4.39 Å². The highest BCUT2D eigenvalue weighted by atomic mass is 35.5. The summed E-state index contributed by atoms with van der Waals surface area (Å²) in [6, 6.07) is 13.1. The number of benzene rings is 2. The van der Waals surface area contributed by atoms with Gasteiger partial charge in [0.05, 0.1) is 5.54 Å². The number of halogens is 2. The summed E-state index contributed by atoms with van der Waals surface area (Å²) in [7, 11) is 0. The Labute approximate surface area is 121 Å². The van der Waals surface area contributed by atoms with Gasteiger partial charge in [0.15, 0.2) is 0 Å². The van der Waals surface area contributed by atoms with Crippen LogP contribution in [0.25, 0.3) is 0 Å². The molecule has 1 fully saturated rings. The lowest BCUT2D eigenvalue weighted by Crippen LogP contribution is -2.34. The van der Waals surface area contributed by atoms with Crippen molar-refractivity contribution in [1.82, 2.24) is 5.32 Å². The van der Waals surface area contributed by atoms with Gasteiger partial charge >= 0.3 is 0 Å². The van der Waals surface area contributed by atoms with Gasteiger partial charge in [-0.05, 0) is 54.8 Å². The van der Waals surface area contributed by atoms with E-state index in [9.17, 15) is 9.18 Å². The van der Waals surface area contributed by atoms with E-state index in [0.717, 1.165) is 18.4 Å². The molecule has 0 radical (unpaired) electrons. The first-order chi connectivity index (χ1) is 9.59. The highest BCUT2D eigenvalue weighted by molar-refractivity contribution is 6.30. The molecule has 1 aliphatic rings. The largest absolute Gasteiger partial charge is 0.343 e. The van der Waals surface area contributed by atoms with Gasteiger partial charge in [0, 0.05) is 10.6 Å². The number of nitrogens with one attached hydrogen (secondary N) is 1. The quantitative estimate of drug-likeness (QED) is 0.912. The van der Waals surface area contributed by atoms with Gasteiger partial charge in [-0.3, -0.25) is 4.79 Å². The van der Waals surface area contributed by atoms with Crippen LogP contribution in [-0.4, -0.2) is 5.91 Å². The van der Waals surface area contributed by atoms with Crippen LogP contribution >= 0.6 is 11.6 Å². The Hall–Kier alpha value is -1.87. The van der Waals surface area contributed by atoms with Crippen LogP contribution in [0.15, 0.2) is 48.5 Å². The topological polar surface area (TPSA) is 29.1 Å². The van der Waals surface area contributed by atoms with Gasteiger partial charge in [-0.1, -0.05) is 23.7 Å². The highest BCUT2D eigenvalue weighted by Crippen LogP contribution is 2.46. The molecule has 1 aliphatic carbocycles. The average Bonchev–Trinajstić information content (AvgIpc) is 3.20. The van der Waals surface area contributed by atoms with Crippen molar-refractivity contribution in [2.75, 3.05) is 0 Å². The van der Waals surface area contributed by atoms with Gasteiger partial charge in [0.2, 0.25) is 0 Å². The molecule has 102 valence electrons. The minimum atomic E-state index is -0.350. The molecule has 0 aromatic heterocycles. The predicted octanol–water partition coefficient (Wildman–Crippen LogP) is 3.90. The summed E-state index contributed by atoms with van der Waals surface area (Å²) in [5.41, 5.74) is 1.15. The molecule has 0 heterocycles. The van der Waals surface area contributed by atoms with Crippen molar-refractivity contribution >= 4 is 17.5 Å². The molecule has 2 nitrogen and oxygen atoms in total. The van der Waals surface area contributed by atoms with Gasteiger partial charge in [0.25, 0.3) is 5.91 Å². The fraction of sp³-hybridized carbons (Fsp3) is 0.188. The number of hydrogen-bond acceptors (Lipinski definition) is 1. The third kappa shape index (κ3) is 2.54. The van der Waals surface area contributed by atoms with Crippen LogP contribution in [0.4, 0.5) is 4.39 Å². The van der Waals surface area contributed by atoms with E-state index in [1.54, 1.807) is 0 Å². The molecule has 0 bridgehead atoms. The third-order valence-electron chi connectivity index (χ3n) is 3.59. The van der Waals surface area contributed by atoms with E-state index in [0.29, 0.717) is 10.6 Å². The lowest BCUT2D eigenvalue weighted by molar-refractivity contribution is 0.0931. The molecular weight excluding hydrogens is 277 g/mol. The minimum absolute atomic E-state index is 0.192. The Morgan fingerprint density at radius 3 is 2.45 bits per heavy atom. The van der Waals surface area contributed by atoms with Crippen molar-refractivity contribution in [1.29, 1.82) is 0 Å². The Morgan fingerprint density at radius 2 is 1.85 bits per heavy atom. The summed E-state index contributed by atoms with van der Waals surface area (Å²) in [5.74, 6) is -0.542. The summed E-state index contributed by atoms with van der Waals surface area (Å²) in [6.45, 7) is 0. The Kier molecular flexibility index (Phi) is 3.22. The molecule has 0 unspecified atom stereocenters. The van der Waals surface area contributed by atoms with Gasteiger partial charge in [-0.15, -0.1) is 0 Å². The Morgan fingerprint density at radius 1 is 1.15 bits per heavy atom. The zero-order valence-corrected chi connectivity index (χ0v) is 11.5. The first-order valence-corrected chi connectivity index (χ1v) is 6.81. The summed E-state index contributed by atoms with van der Waals surface area (Å²) in [6.07, 6.45) is 1.78. The molecule has 1 amide bonds. The second-order valence-corrected chi connectivity index (χ2v) is 5.49. The second kappa shape index (κ2) is 4.91. The van der Waals surface area contributed by atoms with Crippen LogP contribution in [0, 0.1) is 5.82 Å². The minimum Gasteiger partial charge on any atom is -0.343 e. The summed E-state index contributed by atoms with van der Waals surface area (Å²) < 4.78 is 12.9. The van der Waals surface area contributed by atoms with Crippen LogP contribution in [0.1, 0.15) is 28.8 Å². The van der Waals surface area contributed by atoms with E-state index in [-0.39, 0.29) is 17.3 Å². The van der Waals surface area contributed by atoms with Crippen molar-refractivity contribution in [2.45, 2.75) is 18.4 Å². The third-order valence-corrected chi connectivity index (χ3v) is 3.82. The van der Waals surface area contributed by atoms with Crippen LogP contribution in [0.3, 0.4) is 0 Å². The number of rotatable bonds is 3. The molecule has 2 aromatic carbocycles. The molecule has 2 aromatic rings. The normalized spacial score (nSPS) is 15.7. The van der Waals surface area contributed by atoms with E-state index < -0.39 is 0 Å². The van der Waals surface area contributed by atoms with Crippen LogP contribution in [0.5, 0.6) is 0 Å². The first kappa shape index (κ1) is 13.1. The highest BCUT2D eigenvalue weighted by Gasteiger charge is 2.45. The van der Waals surface area contributed by atoms with Gasteiger partial charge < -0.3 is 5.32 Å². The maximum Gasteiger partial charge on any atom is 0.251 e. The lowest BCUT2D eigenvalue weighted by Gasteiger charge is -2.18. The molecule has 0 atom stereocenters. The molecule has 1 saturated carbocycles. The summed E-state index contributed by atoms with van der Waals surface area (Å²) in [5, 5.41) is 3.68. The number of carbonyl (C=O) groups excluding carboxylic acids is 1. The maximum atomic E-state index is 12.9. The smallest absolute Gasteiger partial charge is 0.251 e. The molecular formula is C16H13ClFNO. The van der Waals surface area contributed by atoms with E-state index in [4.69, 9.17) is 11.6 Å². The van der Waals surface area contributed by atoms with E-state index in [2.05, 4.69) is 5.32 Å². The van der Waals surface area contributed by atoms with Crippen molar-refractivity contribution in [3.63, 3.8) is 0 Å². The van der Waals surface area contributed by atoms with E-state index >= 15 is 0 Å². The molecule has 1 N–H and O–H groups in total. The lowest BCUT2D eigenvalue weighted by atomic mass is 10.0. The molecule has 0 spiro atoms. The molecule has 4 heteroatoms. The number of carbonyl (C=O) groups is 1. The zero-order chi connectivity index (χ0) is 14.2. The van der Waals surface area contributed by atoms with Crippen molar-refractivity contribution < 1.29 is 9.18 Å². The molecule has 3 rings (SSSR count). The van der Waals surface area contributed by atoms with Crippen LogP contribution < -0.4 is 5.32 Å². The van der Waals surface area contributed by atoms with Crippen molar-refractivity contribution in [3.8, 4) is 0 Å². The predicted molar refractivity (Wildman–Crippen MR) is 76.2 cm³/mol. The van der Waals surface area contributed by atoms with Crippen LogP contribution in [-0.2, 0) is 5.54 Å². The summed E-state index contributed by atoms with van der Waals surface area (Å²) in [4.78, 5) is 12.2. The van der Waals surface area contributed by atoms with Gasteiger partial charge in [0.1, 0.15) is 5.82 Å². The fourth-order valence-corrected chi connectivity index (χ4v) is 2.48. The van der Waals surface area contributed by atoms with E-state index in [1.807, 2.05) is 24.3 Å². The SMILES string of the molecule is O=C(NC1(c2cccc(Cl)c2)CC1)c1ccc(F)cc1. The number of amides is 1. The number of hydrogen-bond donors (Lipinski definition) is 1.